The topological polar surface area (TPSA) is 12.1 Å². The van der Waals surface area contributed by atoms with Gasteiger partial charge < -0.3 is 4.90 Å². The molecule has 1 aliphatic rings. The third kappa shape index (κ3) is 3.08. The smallest absolute Gasteiger partial charge is 0.287 e. The zero-order valence-corrected chi connectivity index (χ0v) is 19.3. The van der Waals surface area contributed by atoms with Crippen LogP contribution in [0.25, 0.3) is 22.8 Å². The van der Waals surface area contributed by atoms with E-state index in [2.05, 4.69) is 139 Å². The van der Waals surface area contributed by atoms with E-state index in [0.717, 1.165) is 6.54 Å². The first-order chi connectivity index (χ1) is 15.5. The average molecular weight is 421 g/mol. The second kappa shape index (κ2) is 7.83. The van der Waals surface area contributed by atoms with Crippen LogP contribution in [-0.4, -0.2) is 11.6 Å². The molecule has 3 nitrogen and oxygen atoms in total. The molecule has 0 atom stereocenters. The second-order valence-corrected chi connectivity index (χ2v) is 8.87. The Hall–Kier alpha value is -3.59. The van der Waals surface area contributed by atoms with Gasteiger partial charge in [0.2, 0.25) is 0 Å². The molecule has 5 rings (SSSR count). The maximum atomic E-state index is 2.38. The zero-order valence-electron chi connectivity index (χ0n) is 19.3. The van der Waals surface area contributed by atoms with Gasteiger partial charge in [-0.15, -0.1) is 0 Å². The third-order valence-corrected chi connectivity index (χ3v) is 6.69. The molecule has 160 valence electrons. The molecular formula is C29H30N3+. The molecule has 3 aromatic carbocycles. The Morgan fingerprint density at radius 3 is 2.31 bits per heavy atom. The molecule has 0 amide bonds. The van der Waals surface area contributed by atoms with Crippen molar-refractivity contribution in [2.24, 2.45) is 0 Å². The predicted octanol–water partition coefficient (Wildman–Crippen LogP) is 6.26. The van der Waals surface area contributed by atoms with Crippen molar-refractivity contribution in [3.05, 3.63) is 108 Å². The number of para-hydroxylation sites is 4. The summed E-state index contributed by atoms with van der Waals surface area (Å²) in [5.74, 6) is 1.17. The van der Waals surface area contributed by atoms with Crippen LogP contribution in [0, 0.1) is 0 Å². The Bertz CT molecular complexity index is 1340. The zero-order chi connectivity index (χ0) is 22.3. The molecule has 1 aromatic heterocycles. The van der Waals surface area contributed by atoms with Crippen molar-refractivity contribution >= 4 is 22.8 Å². The van der Waals surface area contributed by atoms with Gasteiger partial charge in [-0.05, 0) is 48.9 Å². The Labute approximate surface area is 190 Å². The lowest BCUT2D eigenvalue weighted by atomic mass is 9.84. The average Bonchev–Trinajstić information content (AvgIpc) is 3.24. The summed E-state index contributed by atoms with van der Waals surface area (Å²) in [6.07, 6.45) is 6.72. The number of benzene rings is 3. The monoisotopic (exact) mass is 420 g/mol. The minimum Gasteiger partial charge on any atom is -0.347 e. The van der Waals surface area contributed by atoms with Crippen molar-refractivity contribution in [3.8, 4) is 5.69 Å². The number of imidazole rings is 1. The predicted molar refractivity (Wildman–Crippen MR) is 134 cm³/mol. The van der Waals surface area contributed by atoms with Crippen LogP contribution in [0.1, 0.15) is 32.2 Å². The normalized spacial score (nSPS) is 16.4. The van der Waals surface area contributed by atoms with Crippen molar-refractivity contribution in [2.45, 2.75) is 32.7 Å². The molecule has 32 heavy (non-hydrogen) atoms. The number of aromatic nitrogens is 2. The van der Waals surface area contributed by atoms with Crippen LogP contribution in [0.15, 0.2) is 96.7 Å². The van der Waals surface area contributed by atoms with E-state index in [1.54, 1.807) is 0 Å². The van der Waals surface area contributed by atoms with Crippen LogP contribution in [0.3, 0.4) is 0 Å². The number of aryl methyl sites for hydroxylation is 1. The number of allylic oxidation sites excluding steroid dienone is 3. The summed E-state index contributed by atoms with van der Waals surface area (Å²) in [5.41, 5.74) is 7.59. The molecule has 1 aliphatic heterocycles. The molecule has 0 unspecified atom stereocenters. The van der Waals surface area contributed by atoms with Gasteiger partial charge in [-0.2, -0.15) is 4.57 Å². The summed E-state index contributed by atoms with van der Waals surface area (Å²) in [4.78, 5) is 2.32. The Morgan fingerprint density at radius 1 is 0.875 bits per heavy atom. The molecule has 0 fully saturated rings. The molecule has 0 aliphatic carbocycles. The van der Waals surface area contributed by atoms with E-state index in [1.165, 1.54) is 39.5 Å². The van der Waals surface area contributed by atoms with Gasteiger partial charge in [-0.3, -0.25) is 0 Å². The first-order valence-corrected chi connectivity index (χ1v) is 11.3. The molecule has 0 spiro atoms. The number of nitrogens with zero attached hydrogens (tertiary/aromatic N) is 3. The standard InChI is InChI=1S/C29H30N3/c1-5-31-25-18-11-12-19-26(25)32(22-14-7-6-8-15-22)28(31)21-13-20-27-29(2,3)23-16-9-10-17-24(23)30(27)4/h6-21H,5H2,1-4H3/q+1. The molecule has 0 N–H and O–H groups in total. The van der Waals surface area contributed by atoms with Crippen molar-refractivity contribution in [1.29, 1.82) is 0 Å². The van der Waals surface area contributed by atoms with Gasteiger partial charge in [-0.1, -0.05) is 68.5 Å². The van der Waals surface area contributed by atoms with Gasteiger partial charge in [-0.25, -0.2) is 4.57 Å². The quantitative estimate of drug-likeness (QED) is 0.355. The summed E-state index contributed by atoms with van der Waals surface area (Å²) >= 11 is 0. The fraction of sp³-hybridized carbons (Fsp3) is 0.207. The molecule has 0 radical (unpaired) electrons. The van der Waals surface area contributed by atoms with Gasteiger partial charge in [0.15, 0.2) is 11.0 Å². The lowest BCUT2D eigenvalue weighted by Crippen LogP contribution is -2.35. The Balaban J connectivity index is 1.64. The first-order valence-electron chi connectivity index (χ1n) is 11.3. The highest BCUT2D eigenvalue weighted by atomic mass is 15.2. The molecule has 0 bridgehead atoms. The largest absolute Gasteiger partial charge is 0.347 e. The van der Waals surface area contributed by atoms with Crippen LogP contribution >= 0.6 is 0 Å². The number of hydrogen-bond donors (Lipinski definition) is 0. The maximum Gasteiger partial charge on any atom is 0.287 e. The molecule has 2 heterocycles. The summed E-state index contributed by atoms with van der Waals surface area (Å²) in [5, 5.41) is 0. The van der Waals surface area contributed by atoms with Crippen LogP contribution in [-0.2, 0) is 12.0 Å². The number of likely N-dealkylation sites (N-methyl/N-ethyl adjacent to an activating group) is 1. The van der Waals surface area contributed by atoms with E-state index in [4.69, 9.17) is 0 Å². The van der Waals surface area contributed by atoms with E-state index >= 15 is 0 Å². The summed E-state index contributed by atoms with van der Waals surface area (Å²) in [6, 6.07) is 28.0. The van der Waals surface area contributed by atoms with Crippen molar-refractivity contribution in [2.75, 3.05) is 11.9 Å². The first kappa shape index (κ1) is 20.3. The molecule has 3 heteroatoms. The van der Waals surface area contributed by atoms with Crippen LogP contribution in [0.2, 0.25) is 0 Å². The van der Waals surface area contributed by atoms with E-state index in [9.17, 15) is 0 Å². The molecule has 0 saturated carbocycles. The van der Waals surface area contributed by atoms with Crippen molar-refractivity contribution in [1.82, 2.24) is 4.57 Å². The van der Waals surface area contributed by atoms with Gasteiger partial charge in [0.25, 0.3) is 5.82 Å². The number of anilines is 1. The summed E-state index contributed by atoms with van der Waals surface area (Å²) < 4.78 is 4.74. The summed E-state index contributed by atoms with van der Waals surface area (Å²) in [7, 11) is 2.17. The van der Waals surface area contributed by atoms with Crippen LogP contribution in [0.5, 0.6) is 0 Å². The Morgan fingerprint density at radius 2 is 1.56 bits per heavy atom. The molecular weight excluding hydrogens is 390 g/mol. The minimum absolute atomic E-state index is 0.0252. The van der Waals surface area contributed by atoms with Crippen LogP contribution in [0.4, 0.5) is 5.69 Å². The lowest BCUT2D eigenvalue weighted by Gasteiger charge is -2.23. The van der Waals surface area contributed by atoms with Gasteiger partial charge in [0.1, 0.15) is 5.69 Å². The second-order valence-electron chi connectivity index (χ2n) is 8.87. The van der Waals surface area contributed by atoms with Crippen molar-refractivity contribution in [3.63, 3.8) is 0 Å². The minimum atomic E-state index is -0.0252. The fourth-order valence-electron chi connectivity index (χ4n) is 5.12. The van der Waals surface area contributed by atoms with Crippen LogP contribution < -0.4 is 9.47 Å². The third-order valence-electron chi connectivity index (χ3n) is 6.69. The molecule has 0 saturated heterocycles. The van der Waals surface area contributed by atoms with Crippen molar-refractivity contribution < 1.29 is 4.57 Å². The van der Waals surface area contributed by atoms with E-state index in [1.807, 2.05) is 0 Å². The van der Waals surface area contributed by atoms with E-state index in [-0.39, 0.29) is 5.41 Å². The number of hydrogen-bond acceptors (Lipinski definition) is 1. The highest BCUT2D eigenvalue weighted by Gasteiger charge is 2.37. The highest BCUT2D eigenvalue weighted by molar-refractivity contribution is 5.77. The number of rotatable bonds is 4. The lowest BCUT2D eigenvalue weighted by molar-refractivity contribution is -0.670. The van der Waals surface area contributed by atoms with Gasteiger partial charge in [0, 0.05) is 29.9 Å². The van der Waals surface area contributed by atoms with E-state index in [0.29, 0.717) is 0 Å². The SMILES string of the molecule is CC[n+]1c(/C=C/C=C2\N(C)c3ccccc3C2(C)C)n(-c2ccccc2)c2ccccc21. The number of fused-ring (bicyclic) bond motifs is 2. The Kier molecular flexibility index (Phi) is 4.97. The van der Waals surface area contributed by atoms with Gasteiger partial charge in [0.05, 0.1) is 6.54 Å². The fourth-order valence-corrected chi connectivity index (χ4v) is 5.12. The molecule has 4 aromatic rings. The van der Waals surface area contributed by atoms with Gasteiger partial charge >= 0.3 is 0 Å². The maximum absolute atomic E-state index is 2.38. The van der Waals surface area contributed by atoms with E-state index < -0.39 is 0 Å². The summed E-state index contributed by atoms with van der Waals surface area (Å²) in [6.45, 7) is 7.74. The highest BCUT2D eigenvalue weighted by Crippen LogP contribution is 2.46.